The van der Waals surface area contributed by atoms with Gasteiger partial charge >= 0.3 is 0 Å². The van der Waals surface area contributed by atoms with Crippen molar-refractivity contribution in [2.24, 2.45) is 0 Å². The van der Waals surface area contributed by atoms with Crippen molar-refractivity contribution in [2.75, 3.05) is 5.32 Å². The minimum absolute atomic E-state index is 0.194. The van der Waals surface area contributed by atoms with Crippen LogP contribution in [0.1, 0.15) is 28.5 Å². The second kappa shape index (κ2) is 6.44. The van der Waals surface area contributed by atoms with Crippen molar-refractivity contribution < 1.29 is 4.79 Å². The van der Waals surface area contributed by atoms with E-state index in [9.17, 15) is 4.79 Å². The Hall–Kier alpha value is -2.95. The first-order valence-electron chi connectivity index (χ1n) is 7.55. The van der Waals surface area contributed by atoms with Crippen molar-refractivity contribution in [1.29, 1.82) is 0 Å². The summed E-state index contributed by atoms with van der Waals surface area (Å²) in [6, 6.07) is 13.5. The van der Waals surface area contributed by atoms with Crippen LogP contribution in [0.25, 0.3) is 5.69 Å². The van der Waals surface area contributed by atoms with E-state index in [1.807, 2.05) is 50.2 Å². The Balaban J connectivity index is 1.89. The van der Waals surface area contributed by atoms with Gasteiger partial charge in [0.05, 0.1) is 23.1 Å². The van der Waals surface area contributed by atoms with Crippen LogP contribution in [0.5, 0.6) is 0 Å². The lowest BCUT2D eigenvalue weighted by Crippen LogP contribution is -2.15. The molecule has 0 aliphatic carbocycles. The number of carbonyl (C=O) groups is 1. The van der Waals surface area contributed by atoms with Crippen LogP contribution in [0.4, 0.5) is 5.82 Å². The molecule has 0 fully saturated rings. The fourth-order valence-electron chi connectivity index (χ4n) is 2.42. The molecule has 1 N–H and O–H groups in total. The lowest BCUT2D eigenvalue weighted by atomic mass is 10.2. The summed E-state index contributed by atoms with van der Waals surface area (Å²) >= 11 is 0. The van der Waals surface area contributed by atoms with Crippen LogP contribution >= 0.6 is 0 Å². The van der Waals surface area contributed by atoms with Crippen LogP contribution in [-0.2, 0) is 6.42 Å². The van der Waals surface area contributed by atoms with E-state index in [0.29, 0.717) is 17.8 Å². The molecule has 0 bridgehead atoms. The molecule has 0 saturated heterocycles. The molecule has 3 aromatic rings. The number of nitrogens with one attached hydrogen (secondary N) is 1. The summed E-state index contributed by atoms with van der Waals surface area (Å²) in [5.74, 6) is 0.343. The number of para-hydroxylation sites is 1. The maximum atomic E-state index is 12.5. The third kappa shape index (κ3) is 3.13. The Morgan fingerprint density at radius 2 is 1.91 bits per heavy atom. The number of amides is 1. The fourth-order valence-corrected chi connectivity index (χ4v) is 2.42. The Kier molecular flexibility index (Phi) is 4.19. The van der Waals surface area contributed by atoms with Crippen molar-refractivity contribution >= 4 is 11.7 Å². The topological polar surface area (TPSA) is 59.8 Å². The SMILES string of the molecule is CCc1c(C(=O)Nc2ccc(C)cn2)cnn1-c1ccccc1. The summed E-state index contributed by atoms with van der Waals surface area (Å²) < 4.78 is 1.80. The average Bonchev–Trinajstić information content (AvgIpc) is 3.02. The van der Waals surface area contributed by atoms with E-state index < -0.39 is 0 Å². The Bertz CT molecular complexity index is 807. The second-order valence-corrected chi connectivity index (χ2v) is 5.28. The van der Waals surface area contributed by atoms with E-state index in [4.69, 9.17) is 0 Å². The van der Waals surface area contributed by atoms with Crippen LogP contribution in [0, 0.1) is 6.92 Å². The van der Waals surface area contributed by atoms with Crippen molar-refractivity contribution in [1.82, 2.24) is 14.8 Å². The number of anilines is 1. The molecule has 5 nitrogen and oxygen atoms in total. The number of rotatable bonds is 4. The Morgan fingerprint density at radius 3 is 2.57 bits per heavy atom. The molecule has 0 aliphatic rings. The van der Waals surface area contributed by atoms with Gasteiger partial charge in [0.25, 0.3) is 5.91 Å². The molecule has 116 valence electrons. The largest absolute Gasteiger partial charge is 0.306 e. The minimum atomic E-state index is -0.194. The fraction of sp³-hybridized carbons (Fsp3) is 0.167. The molecule has 5 heteroatoms. The predicted octanol–water partition coefficient (Wildman–Crippen LogP) is 3.39. The molecule has 0 aliphatic heterocycles. The van der Waals surface area contributed by atoms with Crippen LogP contribution in [0.15, 0.2) is 54.9 Å². The van der Waals surface area contributed by atoms with Gasteiger partial charge in [-0.25, -0.2) is 9.67 Å². The summed E-state index contributed by atoms with van der Waals surface area (Å²) in [4.78, 5) is 16.7. The molecule has 3 rings (SSSR count). The van der Waals surface area contributed by atoms with Gasteiger partial charge in [-0.15, -0.1) is 0 Å². The quantitative estimate of drug-likeness (QED) is 0.803. The third-order valence-corrected chi connectivity index (χ3v) is 3.60. The van der Waals surface area contributed by atoms with E-state index in [0.717, 1.165) is 16.9 Å². The summed E-state index contributed by atoms with van der Waals surface area (Å²) in [6.45, 7) is 3.97. The summed E-state index contributed by atoms with van der Waals surface area (Å²) in [7, 11) is 0. The van der Waals surface area contributed by atoms with Gasteiger partial charge < -0.3 is 5.32 Å². The third-order valence-electron chi connectivity index (χ3n) is 3.60. The first-order valence-corrected chi connectivity index (χ1v) is 7.55. The monoisotopic (exact) mass is 306 g/mol. The van der Waals surface area contributed by atoms with Gasteiger partial charge in [0.2, 0.25) is 0 Å². The first-order chi connectivity index (χ1) is 11.2. The zero-order valence-corrected chi connectivity index (χ0v) is 13.2. The van der Waals surface area contributed by atoms with Gasteiger partial charge in [0, 0.05) is 6.20 Å². The maximum Gasteiger partial charge on any atom is 0.260 e. The number of benzene rings is 1. The second-order valence-electron chi connectivity index (χ2n) is 5.28. The van der Waals surface area contributed by atoms with Gasteiger partial charge in [-0.2, -0.15) is 5.10 Å². The molecule has 1 amide bonds. The molecular formula is C18H18N4O. The molecular weight excluding hydrogens is 288 g/mol. The Morgan fingerprint density at radius 1 is 1.13 bits per heavy atom. The highest BCUT2D eigenvalue weighted by Gasteiger charge is 2.17. The lowest BCUT2D eigenvalue weighted by molar-refractivity contribution is 0.102. The maximum absolute atomic E-state index is 12.5. The molecule has 0 spiro atoms. The van der Waals surface area contributed by atoms with E-state index in [-0.39, 0.29) is 5.91 Å². The summed E-state index contributed by atoms with van der Waals surface area (Å²) in [6.07, 6.45) is 4.04. The molecule has 0 atom stereocenters. The summed E-state index contributed by atoms with van der Waals surface area (Å²) in [5, 5.41) is 7.19. The number of carbonyl (C=O) groups excluding carboxylic acids is 1. The molecule has 2 aromatic heterocycles. The van der Waals surface area contributed by atoms with Crippen molar-refractivity contribution in [3.63, 3.8) is 0 Å². The number of pyridine rings is 1. The highest BCUT2D eigenvalue weighted by Crippen LogP contribution is 2.17. The molecule has 23 heavy (non-hydrogen) atoms. The molecule has 2 heterocycles. The standard InChI is InChI=1S/C18H18N4O/c1-3-16-15(12-20-22(16)14-7-5-4-6-8-14)18(23)21-17-10-9-13(2)11-19-17/h4-12H,3H2,1-2H3,(H,19,21,23). The van der Waals surface area contributed by atoms with E-state index in [2.05, 4.69) is 15.4 Å². The number of nitrogens with zero attached hydrogens (tertiary/aromatic N) is 3. The van der Waals surface area contributed by atoms with Crippen molar-refractivity contribution in [3.05, 3.63) is 71.7 Å². The van der Waals surface area contributed by atoms with Crippen molar-refractivity contribution in [3.8, 4) is 5.69 Å². The Labute approximate surface area is 135 Å². The summed E-state index contributed by atoms with van der Waals surface area (Å²) in [5.41, 5.74) is 3.44. The molecule has 0 unspecified atom stereocenters. The normalized spacial score (nSPS) is 10.5. The zero-order chi connectivity index (χ0) is 16.2. The van der Waals surface area contributed by atoms with Crippen LogP contribution < -0.4 is 5.32 Å². The van der Waals surface area contributed by atoms with Crippen LogP contribution in [-0.4, -0.2) is 20.7 Å². The predicted molar refractivity (Wildman–Crippen MR) is 89.9 cm³/mol. The van der Waals surface area contributed by atoms with Gasteiger partial charge in [-0.05, 0) is 37.1 Å². The van der Waals surface area contributed by atoms with Gasteiger partial charge in [0.15, 0.2) is 0 Å². The van der Waals surface area contributed by atoms with Crippen LogP contribution in [0.3, 0.4) is 0 Å². The number of aromatic nitrogens is 3. The van der Waals surface area contributed by atoms with E-state index in [1.165, 1.54) is 0 Å². The van der Waals surface area contributed by atoms with Gasteiger partial charge in [0.1, 0.15) is 5.82 Å². The van der Waals surface area contributed by atoms with Crippen LogP contribution in [0.2, 0.25) is 0 Å². The number of hydrogen-bond donors (Lipinski definition) is 1. The van der Waals surface area contributed by atoms with E-state index in [1.54, 1.807) is 23.1 Å². The molecule has 1 aromatic carbocycles. The average molecular weight is 306 g/mol. The van der Waals surface area contributed by atoms with E-state index >= 15 is 0 Å². The highest BCUT2D eigenvalue weighted by atomic mass is 16.1. The number of aryl methyl sites for hydroxylation is 1. The molecule has 0 radical (unpaired) electrons. The lowest BCUT2D eigenvalue weighted by Gasteiger charge is -2.08. The smallest absolute Gasteiger partial charge is 0.260 e. The highest BCUT2D eigenvalue weighted by molar-refractivity contribution is 6.04. The minimum Gasteiger partial charge on any atom is -0.306 e. The zero-order valence-electron chi connectivity index (χ0n) is 13.2. The van der Waals surface area contributed by atoms with Crippen molar-refractivity contribution in [2.45, 2.75) is 20.3 Å². The molecule has 0 saturated carbocycles. The van der Waals surface area contributed by atoms with Gasteiger partial charge in [-0.1, -0.05) is 31.2 Å². The number of hydrogen-bond acceptors (Lipinski definition) is 3. The first kappa shape index (κ1) is 15.0. The van der Waals surface area contributed by atoms with Gasteiger partial charge in [-0.3, -0.25) is 4.79 Å².